The zero-order chi connectivity index (χ0) is 19.3. The van der Waals surface area contributed by atoms with E-state index in [4.69, 9.17) is 4.74 Å². The molecule has 2 aromatic heterocycles. The quantitative estimate of drug-likeness (QED) is 0.777. The summed E-state index contributed by atoms with van der Waals surface area (Å²) in [4.78, 5) is 34.4. The van der Waals surface area contributed by atoms with Crippen LogP contribution in [-0.2, 0) is 4.74 Å². The molecule has 2 fully saturated rings. The van der Waals surface area contributed by atoms with E-state index >= 15 is 0 Å². The topological polar surface area (TPSA) is 92.1 Å². The third-order valence-electron chi connectivity index (χ3n) is 5.21. The van der Waals surface area contributed by atoms with Gasteiger partial charge in [0.1, 0.15) is 5.56 Å². The second kappa shape index (κ2) is 8.97. The maximum absolute atomic E-state index is 12.7. The molecule has 2 saturated heterocycles. The van der Waals surface area contributed by atoms with E-state index in [0.29, 0.717) is 24.7 Å². The number of fused-ring (bicyclic) bond motifs is 1. The molecule has 4 rings (SSSR count). The van der Waals surface area contributed by atoms with E-state index in [1.54, 1.807) is 0 Å². The van der Waals surface area contributed by atoms with Crippen molar-refractivity contribution in [1.82, 2.24) is 24.8 Å². The molecule has 0 radical (unpaired) electrons. The average molecular weight is 407 g/mol. The summed E-state index contributed by atoms with van der Waals surface area (Å²) in [7, 11) is 0. The van der Waals surface area contributed by atoms with Crippen LogP contribution in [0.25, 0.3) is 4.96 Å². The third-order valence-corrected chi connectivity index (χ3v) is 6.20. The maximum Gasteiger partial charge on any atom is 0.288 e. The number of aromatic nitrogens is 3. The van der Waals surface area contributed by atoms with Crippen LogP contribution in [0.1, 0.15) is 36.0 Å². The number of morpholine rings is 1. The van der Waals surface area contributed by atoms with Gasteiger partial charge in [0.2, 0.25) is 10.1 Å². The molecule has 4 heterocycles. The molecule has 9 nitrogen and oxygen atoms in total. The normalized spacial score (nSPS) is 18.9. The van der Waals surface area contributed by atoms with Gasteiger partial charge in [0.25, 0.3) is 11.5 Å². The van der Waals surface area contributed by atoms with E-state index in [1.807, 2.05) is 0 Å². The summed E-state index contributed by atoms with van der Waals surface area (Å²) >= 11 is 1.35. The molecule has 28 heavy (non-hydrogen) atoms. The maximum atomic E-state index is 12.7. The van der Waals surface area contributed by atoms with Crippen LogP contribution in [0.4, 0.5) is 5.13 Å². The second-order valence-electron chi connectivity index (χ2n) is 7.17. The van der Waals surface area contributed by atoms with Crippen LogP contribution in [0, 0.1) is 0 Å². The lowest BCUT2D eigenvalue weighted by molar-refractivity contribution is 0.0946. The fourth-order valence-corrected chi connectivity index (χ4v) is 4.51. The number of likely N-dealkylation sites (tertiary alicyclic amines) is 1. The number of hydrogen-bond acceptors (Lipinski definition) is 8. The van der Waals surface area contributed by atoms with E-state index in [-0.39, 0.29) is 11.5 Å². The summed E-state index contributed by atoms with van der Waals surface area (Å²) in [6.45, 7) is 6.24. The Morgan fingerprint density at radius 2 is 1.89 bits per heavy atom. The Bertz CT molecular complexity index is 868. The van der Waals surface area contributed by atoms with Gasteiger partial charge in [-0.25, -0.2) is 4.98 Å². The van der Waals surface area contributed by atoms with Crippen LogP contribution in [0.15, 0.2) is 11.0 Å². The van der Waals surface area contributed by atoms with Crippen LogP contribution in [0.3, 0.4) is 0 Å². The molecule has 1 N–H and O–H groups in total. The third kappa shape index (κ3) is 4.34. The smallest absolute Gasteiger partial charge is 0.288 e. The first-order valence-corrected chi connectivity index (χ1v) is 10.8. The van der Waals surface area contributed by atoms with Gasteiger partial charge in [0.15, 0.2) is 0 Å². The van der Waals surface area contributed by atoms with Gasteiger partial charge >= 0.3 is 0 Å². The first-order chi connectivity index (χ1) is 13.7. The summed E-state index contributed by atoms with van der Waals surface area (Å²) in [5.41, 5.74) is -0.389. The average Bonchev–Trinajstić information content (AvgIpc) is 3.00. The highest BCUT2D eigenvalue weighted by Gasteiger charge is 2.20. The van der Waals surface area contributed by atoms with Crippen LogP contribution in [-0.4, -0.2) is 77.9 Å². The Kier molecular flexibility index (Phi) is 6.18. The largest absolute Gasteiger partial charge is 0.378 e. The molecular weight excluding hydrogens is 380 g/mol. The van der Waals surface area contributed by atoms with Gasteiger partial charge in [0, 0.05) is 32.4 Å². The molecular formula is C18H26N6O3S. The summed E-state index contributed by atoms with van der Waals surface area (Å²) in [5.74, 6) is -0.386. The molecule has 0 aromatic carbocycles. The Morgan fingerprint density at radius 3 is 2.64 bits per heavy atom. The molecule has 0 unspecified atom stereocenters. The fourth-order valence-electron chi connectivity index (χ4n) is 3.60. The van der Waals surface area contributed by atoms with Crippen molar-refractivity contribution in [2.24, 2.45) is 0 Å². The lowest BCUT2D eigenvalue weighted by atomic mass is 10.2. The van der Waals surface area contributed by atoms with Crippen LogP contribution >= 0.6 is 11.3 Å². The van der Waals surface area contributed by atoms with Crippen molar-refractivity contribution in [1.29, 1.82) is 0 Å². The Balaban J connectivity index is 1.42. The minimum atomic E-state index is -0.423. The second-order valence-corrected chi connectivity index (χ2v) is 8.10. The first kappa shape index (κ1) is 19.3. The molecule has 0 atom stereocenters. The van der Waals surface area contributed by atoms with E-state index in [2.05, 4.69) is 25.2 Å². The summed E-state index contributed by atoms with van der Waals surface area (Å²) in [5, 5.41) is 7.97. The Labute approximate surface area is 167 Å². The zero-order valence-electron chi connectivity index (χ0n) is 15.9. The van der Waals surface area contributed by atoms with E-state index < -0.39 is 5.56 Å². The zero-order valence-corrected chi connectivity index (χ0v) is 16.7. The number of ether oxygens (including phenoxy) is 1. The van der Waals surface area contributed by atoms with Gasteiger partial charge in [-0.3, -0.25) is 9.59 Å². The van der Waals surface area contributed by atoms with Crippen molar-refractivity contribution < 1.29 is 9.53 Å². The van der Waals surface area contributed by atoms with Crippen molar-refractivity contribution in [3.63, 3.8) is 0 Å². The van der Waals surface area contributed by atoms with Gasteiger partial charge in [-0.2, -0.15) is 4.52 Å². The lowest BCUT2D eigenvalue weighted by Crippen LogP contribution is -2.38. The number of amides is 1. The van der Waals surface area contributed by atoms with Crippen molar-refractivity contribution in [3.8, 4) is 0 Å². The number of nitrogens with one attached hydrogen (secondary N) is 1. The van der Waals surface area contributed by atoms with Crippen molar-refractivity contribution in [2.75, 3.05) is 57.4 Å². The monoisotopic (exact) mass is 406 g/mol. The van der Waals surface area contributed by atoms with Crippen molar-refractivity contribution >= 4 is 27.3 Å². The molecule has 1 amide bonds. The van der Waals surface area contributed by atoms with Gasteiger partial charge in [-0.15, -0.1) is 5.10 Å². The van der Waals surface area contributed by atoms with E-state index in [9.17, 15) is 9.59 Å². The summed E-state index contributed by atoms with van der Waals surface area (Å²) in [6.07, 6.45) is 6.35. The highest BCUT2D eigenvalue weighted by atomic mass is 32.1. The molecule has 0 aliphatic carbocycles. The number of anilines is 1. The highest BCUT2D eigenvalue weighted by Crippen LogP contribution is 2.21. The van der Waals surface area contributed by atoms with Gasteiger partial charge in [-0.05, 0) is 25.9 Å². The minimum Gasteiger partial charge on any atom is -0.378 e. The fraction of sp³-hybridized carbons (Fsp3) is 0.667. The van der Waals surface area contributed by atoms with Gasteiger partial charge in [0.05, 0.1) is 13.2 Å². The van der Waals surface area contributed by atoms with E-state index in [1.165, 1.54) is 47.7 Å². The summed E-state index contributed by atoms with van der Waals surface area (Å²) in [6, 6.07) is 0. The number of rotatable bonds is 5. The number of carbonyl (C=O) groups excluding carboxylic acids is 1. The Hall–Kier alpha value is -2.04. The highest BCUT2D eigenvalue weighted by molar-refractivity contribution is 7.20. The molecule has 152 valence electrons. The molecule has 2 aliphatic heterocycles. The van der Waals surface area contributed by atoms with Gasteiger partial charge < -0.3 is 19.9 Å². The molecule has 10 heteroatoms. The van der Waals surface area contributed by atoms with Crippen LogP contribution < -0.4 is 15.8 Å². The predicted octanol–water partition coefficient (Wildman–Crippen LogP) is 0.593. The molecule has 2 aromatic rings. The van der Waals surface area contributed by atoms with Gasteiger partial charge in [-0.1, -0.05) is 24.2 Å². The summed E-state index contributed by atoms with van der Waals surface area (Å²) < 4.78 is 6.59. The molecule has 2 aliphatic rings. The van der Waals surface area contributed by atoms with Crippen molar-refractivity contribution in [2.45, 2.75) is 25.7 Å². The number of carbonyl (C=O) groups is 1. The first-order valence-electron chi connectivity index (χ1n) is 9.94. The molecule has 0 spiro atoms. The van der Waals surface area contributed by atoms with Crippen LogP contribution in [0.2, 0.25) is 0 Å². The lowest BCUT2D eigenvalue weighted by Gasteiger charge is -2.25. The predicted molar refractivity (Wildman–Crippen MR) is 107 cm³/mol. The number of nitrogens with zero attached hydrogens (tertiary/aromatic N) is 5. The van der Waals surface area contributed by atoms with Crippen molar-refractivity contribution in [3.05, 3.63) is 22.1 Å². The molecule has 0 saturated carbocycles. The standard InChI is InChI=1S/C18H26N6O3S/c25-15(19-5-8-22-6-3-1-2-4-7-22)14-13-20-17-24(16(14)26)21-18(28-17)23-9-11-27-12-10-23/h13H,1-12H2,(H,19,25). The Morgan fingerprint density at radius 1 is 1.14 bits per heavy atom. The minimum absolute atomic E-state index is 0.0344. The SMILES string of the molecule is O=C(NCCN1CCCCCC1)c1cnc2sc(N3CCOCC3)nn2c1=O. The molecule has 0 bridgehead atoms. The van der Waals surface area contributed by atoms with Crippen LogP contribution in [0.5, 0.6) is 0 Å². The van der Waals surface area contributed by atoms with E-state index in [0.717, 1.165) is 37.9 Å². The number of hydrogen-bond donors (Lipinski definition) is 1.